The molecule has 2 rings (SSSR count). The van der Waals surface area contributed by atoms with Crippen LogP contribution in [0.1, 0.15) is 10.5 Å². The molecule has 1 amide bonds. The van der Waals surface area contributed by atoms with Gasteiger partial charge in [0.25, 0.3) is 11.5 Å². The first-order chi connectivity index (χ1) is 10.2. The molecule has 0 saturated heterocycles. The Bertz CT molecular complexity index is 642. The molecule has 0 aliphatic rings. The van der Waals surface area contributed by atoms with E-state index in [1.165, 1.54) is 15.6 Å². The van der Waals surface area contributed by atoms with Gasteiger partial charge in [0, 0.05) is 19.2 Å². The molecule has 21 heavy (non-hydrogen) atoms. The molecule has 1 aromatic carbocycles. The number of aromatic amines is 1. The number of hydrogen-bond acceptors (Lipinski definition) is 4. The molecule has 7 nitrogen and oxygen atoms in total. The average molecular weight is 291 g/mol. The first kappa shape index (κ1) is 15.0. The molecular formula is C14H17N3O4. The van der Waals surface area contributed by atoms with Crippen LogP contribution in [0.3, 0.4) is 0 Å². The van der Waals surface area contributed by atoms with Crippen LogP contribution in [-0.2, 0) is 0 Å². The van der Waals surface area contributed by atoms with Gasteiger partial charge in [0.1, 0.15) is 5.69 Å². The molecule has 0 aliphatic heterocycles. The minimum Gasteiger partial charge on any atom is -0.395 e. The number of hydrogen-bond donors (Lipinski definition) is 3. The van der Waals surface area contributed by atoms with Gasteiger partial charge in [-0.1, -0.05) is 18.2 Å². The monoisotopic (exact) mass is 291 g/mol. The van der Waals surface area contributed by atoms with Crippen LogP contribution in [0.25, 0.3) is 5.69 Å². The molecule has 1 heterocycles. The number of nitrogens with zero attached hydrogens (tertiary/aromatic N) is 2. The maximum atomic E-state index is 12.2. The van der Waals surface area contributed by atoms with E-state index in [9.17, 15) is 9.59 Å². The van der Waals surface area contributed by atoms with Crippen molar-refractivity contribution in [3.05, 3.63) is 52.4 Å². The van der Waals surface area contributed by atoms with Crippen LogP contribution in [0.4, 0.5) is 0 Å². The van der Waals surface area contributed by atoms with Gasteiger partial charge in [-0.25, -0.2) is 4.68 Å². The second-order valence-electron chi connectivity index (χ2n) is 4.42. The van der Waals surface area contributed by atoms with Crippen molar-refractivity contribution in [1.29, 1.82) is 0 Å². The van der Waals surface area contributed by atoms with Crippen molar-refractivity contribution in [2.75, 3.05) is 26.3 Å². The lowest BCUT2D eigenvalue weighted by molar-refractivity contribution is 0.0678. The van der Waals surface area contributed by atoms with Gasteiger partial charge in [0.05, 0.1) is 18.9 Å². The van der Waals surface area contributed by atoms with Gasteiger partial charge in [-0.05, 0) is 12.1 Å². The number of carbonyl (C=O) groups excluding carboxylic acids is 1. The summed E-state index contributed by atoms with van der Waals surface area (Å²) in [7, 11) is 0. The third-order valence-electron chi connectivity index (χ3n) is 2.99. The quantitative estimate of drug-likeness (QED) is 0.674. The molecule has 3 N–H and O–H groups in total. The summed E-state index contributed by atoms with van der Waals surface area (Å²) < 4.78 is 1.27. The minimum absolute atomic E-state index is 0.0952. The average Bonchev–Trinajstić information content (AvgIpc) is 2.89. The van der Waals surface area contributed by atoms with E-state index in [-0.39, 0.29) is 37.6 Å². The fourth-order valence-corrected chi connectivity index (χ4v) is 2.00. The number of H-pyrrole nitrogens is 1. The van der Waals surface area contributed by atoms with E-state index < -0.39 is 5.91 Å². The van der Waals surface area contributed by atoms with Gasteiger partial charge in [0.2, 0.25) is 0 Å². The minimum atomic E-state index is -0.440. The molecule has 1 aromatic heterocycles. The molecule has 0 saturated carbocycles. The highest BCUT2D eigenvalue weighted by Gasteiger charge is 2.18. The molecular weight excluding hydrogens is 274 g/mol. The number of aliphatic hydroxyl groups excluding tert-OH is 2. The number of amides is 1. The second kappa shape index (κ2) is 6.87. The maximum Gasteiger partial charge on any atom is 0.272 e. The SMILES string of the molecule is O=C(c1cc(=O)n(-c2ccccc2)[nH]1)N(CCO)CCO. The topological polar surface area (TPSA) is 98.6 Å². The van der Waals surface area contributed by atoms with Gasteiger partial charge >= 0.3 is 0 Å². The first-order valence-corrected chi connectivity index (χ1v) is 6.56. The number of rotatable bonds is 6. The molecule has 0 bridgehead atoms. The predicted octanol–water partition coefficient (Wildman–Crippen LogP) is -0.408. The zero-order valence-electron chi connectivity index (χ0n) is 11.4. The smallest absolute Gasteiger partial charge is 0.272 e. The summed E-state index contributed by atoms with van der Waals surface area (Å²) in [4.78, 5) is 25.5. The molecule has 7 heteroatoms. The number of nitrogens with one attached hydrogen (secondary N) is 1. The van der Waals surface area contributed by atoms with Crippen LogP contribution in [-0.4, -0.2) is 57.1 Å². The number of aliphatic hydroxyl groups is 2. The zero-order valence-corrected chi connectivity index (χ0v) is 11.4. The lowest BCUT2D eigenvalue weighted by Gasteiger charge is -2.19. The lowest BCUT2D eigenvalue weighted by Crippen LogP contribution is -2.36. The van der Waals surface area contributed by atoms with Crippen molar-refractivity contribution in [2.24, 2.45) is 0 Å². The van der Waals surface area contributed by atoms with E-state index >= 15 is 0 Å². The van der Waals surface area contributed by atoms with Crippen LogP contribution in [0, 0.1) is 0 Å². The van der Waals surface area contributed by atoms with Crippen molar-refractivity contribution in [2.45, 2.75) is 0 Å². The van der Waals surface area contributed by atoms with Crippen molar-refractivity contribution in [1.82, 2.24) is 14.7 Å². The van der Waals surface area contributed by atoms with Crippen LogP contribution in [0.5, 0.6) is 0 Å². The summed E-state index contributed by atoms with van der Waals surface area (Å²) >= 11 is 0. The molecule has 112 valence electrons. The number of carbonyl (C=O) groups is 1. The number of aromatic nitrogens is 2. The summed E-state index contributed by atoms with van der Waals surface area (Å²) in [5.41, 5.74) is 0.390. The first-order valence-electron chi connectivity index (χ1n) is 6.56. The third kappa shape index (κ3) is 3.39. The molecule has 0 spiro atoms. The van der Waals surface area contributed by atoms with Gasteiger partial charge < -0.3 is 15.1 Å². The highest BCUT2D eigenvalue weighted by Crippen LogP contribution is 2.05. The summed E-state index contributed by atoms with van der Waals surface area (Å²) in [6.45, 7) is -0.236. The Morgan fingerprint density at radius 2 is 1.76 bits per heavy atom. The van der Waals surface area contributed by atoms with Crippen molar-refractivity contribution >= 4 is 5.91 Å². The van der Waals surface area contributed by atoms with Crippen molar-refractivity contribution < 1.29 is 15.0 Å². The van der Waals surface area contributed by atoms with Gasteiger partial charge in [-0.2, -0.15) is 0 Å². The van der Waals surface area contributed by atoms with E-state index in [0.717, 1.165) is 0 Å². The van der Waals surface area contributed by atoms with E-state index in [4.69, 9.17) is 10.2 Å². The predicted molar refractivity (Wildman–Crippen MR) is 76.5 cm³/mol. The van der Waals surface area contributed by atoms with Gasteiger partial charge in [0.15, 0.2) is 0 Å². The molecule has 0 atom stereocenters. The standard InChI is InChI=1S/C14H17N3O4/c18-8-6-16(7-9-19)14(21)12-10-13(20)17(15-12)11-4-2-1-3-5-11/h1-5,10,15,18-19H,6-9H2. The molecule has 2 aromatic rings. The summed E-state index contributed by atoms with van der Waals surface area (Å²) in [5, 5.41) is 20.6. The Labute approximate surface area is 121 Å². The second-order valence-corrected chi connectivity index (χ2v) is 4.42. The summed E-state index contributed by atoms with van der Waals surface area (Å²) in [5.74, 6) is -0.440. The van der Waals surface area contributed by atoms with Gasteiger partial charge in [-0.15, -0.1) is 0 Å². The van der Waals surface area contributed by atoms with Crippen molar-refractivity contribution in [3.63, 3.8) is 0 Å². The summed E-state index contributed by atoms with van der Waals surface area (Å²) in [6.07, 6.45) is 0. The fourth-order valence-electron chi connectivity index (χ4n) is 2.00. The number of benzene rings is 1. The normalized spacial score (nSPS) is 10.6. The number of para-hydroxylation sites is 1. The van der Waals surface area contributed by atoms with E-state index in [1.54, 1.807) is 24.3 Å². The Kier molecular flexibility index (Phi) is 4.91. The van der Waals surface area contributed by atoms with Crippen molar-refractivity contribution in [3.8, 4) is 5.69 Å². The third-order valence-corrected chi connectivity index (χ3v) is 2.99. The maximum absolute atomic E-state index is 12.2. The van der Waals surface area contributed by atoms with Gasteiger partial charge in [-0.3, -0.25) is 14.7 Å². The molecule has 0 unspecified atom stereocenters. The van der Waals surface area contributed by atoms with Crippen LogP contribution >= 0.6 is 0 Å². The zero-order chi connectivity index (χ0) is 15.2. The highest BCUT2D eigenvalue weighted by atomic mass is 16.3. The van der Waals surface area contributed by atoms with Crippen LogP contribution in [0.2, 0.25) is 0 Å². The highest BCUT2D eigenvalue weighted by molar-refractivity contribution is 5.92. The Morgan fingerprint density at radius 3 is 2.33 bits per heavy atom. The molecule has 0 fully saturated rings. The van der Waals surface area contributed by atoms with Crippen LogP contribution in [0.15, 0.2) is 41.2 Å². The fraction of sp³-hybridized carbons (Fsp3) is 0.286. The largest absolute Gasteiger partial charge is 0.395 e. The Morgan fingerprint density at radius 1 is 1.14 bits per heavy atom. The van der Waals surface area contributed by atoms with E-state index in [2.05, 4.69) is 5.10 Å². The Balaban J connectivity index is 2.29. The Hall–Kier alpha value is -2.38. The van der Waals surface area contributed by atoms with Crippen LogP contribution < -0.4 is 5.56 Å². The molecule has 0 radical (unpaired) electrons. The summed E-state index contributed by atoms with van der Waals surface area (Å²) in [6, 6.07) is 10.1. The lowest BCUT2D eigenvalue weighted by atomic mass is 10.3. The van der Waals surface area contributed by atoms with E-state index in [1.807, 2.05) is 6.07 Å². The molecule has 0 aliphatic carbocycles. The van der Waals surface area contributed by atoms with E-state index in [0.29, 0.717) is 5.69 Å².